The molecular formula is C10H19NO3. The van der Waals surface area contributed by atoms with Gasteiger partial charge >= 0.3 is 0 Å². The number of rotatable bonds is 3. The van der Waals surface area contributed by atoms with Gasteiger partial charge in [-0.3, -0.25) is 4.79 Å². The molecule has 0 aliphatic carbocycles. The molecule has 2 atom stereocenters. The fraction of sp³-hybridized carbons (Fsp3) is 0.900. The summed E-state index contributed by atoms with van der Waals surface area (Å²) in [5.74, 6) is -0.114. The highest BCUT2D eigenvalue weighted by molar-refractivity contribution is 5.81. The number of hydrogen-bond donors (Lipinski definition) is 2. The van der Waals surface area contributed by atoms with Crippen LogP contribution in [0.3, 0.4) is 0 Å². The fourth-order valence-electron chi connectivity index (χ4n) is 1.41. The molecule has 1 heterocycles. The number of hydrogen-bond acceptors (Lipinski definition) is 3. The molecule has 2 unspecified atom stereocenters. The van der Waals surface area contributed by atoms with Gasteiger partial charge in [0.1, 0.15) is 6.10 Å². The first kappa shape index (κ1) is 11.5. The van der Waals surface area contributed by atoms with E-state index in [0.29, 0.717) is 0 Å². The second-order valence-corrected chi connectivity index (χ2v) is 4.54. The van der Waals surface area contributed by atoms with Crippen molar-refractivity contribution in [2.24, 2.45) is 0 Å². The molecule has 82 valence electrons. The van der Waals surface area contributed by atoms with Crippen LogP contribution in [-0.4, -0.2) is 35.4 Å². The van der Waals surface area contributed by atoms with Gasteiger partial charge in [0.25, 0.3) is 0 Å². The Kier molecular flexibility index (Phi) is 3.50. The topological polar surface area (TPSA) is 58.6 Å². The van der Waals surface area contributed by atoms with Gasteiger partial charge in [0, 0.05) is 6.54 Å². The van der Waals surface area contributed by atoms with E-state index < -0.39 is 5.60 Å². The molecule has 4 nitrogen and oxygen atoms in total. The summed E-state index contributed by atoms with van der Waals surface area (Å²) in [6.07, 6.45) is 1.56. The summed E-state index contributed by atoms with van der Waals surface area (Å²) in [4.78, 5) is 11.5. The molecule has 1 rings (SSSR count). The van der Waals surface area contributed by atoms with E-state index in [1.54, 1.807) is 13.8 Å². The molecule has 0 aromatic rings. The van der Waals surface area contributed by atoms with E-state index in [2.05, 4.69) is 5.32 Å². The highest BCUT2D eigenvalue weighted by Gasteiger charge is 2.28. The Morgan fingerprint density at radius 1 is 1.57 bits per heavy atom. The Balaban J connectivity index is 2.29. The van der Waals surface area contributed by atoms with E-state index >= 15 is 0 Å². The van der Waals surface area contributed by atoms with Crippen molar-refractivity contribution in [1.29, 1.82) is 0 Å². The predicted molar refractivity (Wildman–Crippen MR) is 52.9 cm³/mol. The third-order valence-electron chi connectivity index (χ3n) is 2.22. The third-order valence-corrected chi connectivity index (χ3v) is 2.22. The first-order valence-corrected chi connectivity index (χ1v) is 5.04. The minimum absolute atomic E-state index is 0.114. The van der Waals surface area contributed by atoms with Crippen molar-refractivity contribution >= 4 is 5.91 Å². The lowest BCUT2D eigenvalue weighted by Crippen LogP contribution is -2.42. The lowest BCUT2D eigenvalue weighted by Gasteiger charge is -2.19. The predicted octanol–water partition coefficient (Wildman–Crippen LogP) is 0.441. The number of aliphatic hydroxyl groups is 1. The van der Waals surface area contributed by atoms with E-state index in [1.165, 1.54) is 0 Å². The third kappa shape index (κ3) is 3.64. The van der Waals surface area contributed by atoms with Gasteiger partial charge in [-0.05, 0) is 33.6 Å². The number of ether oxygens (including phenoxy) is 1. The maximum Gasteiger partial charge on any atom is 0.249 e. The first-order valence-electron chi connectivity index (χ1n) is 5.04. The minimum Gasteiger partial charge on any atom is -0.389 e. The summed E-state index contributed by atoms with van der Waals surface area (Å²) in [6, 6.07) is 0. The normalized spacial score (nSPS) is 27.7. The molecule has 0 bridgehead atoms. The maximum absolute atomic E-state index is 11.5. The zero-order valence-corrected chi connectivity index (χ0v) is 9.04. The zero-order valence-electron chi connectivity index (χ0n) is 9.04. The summed E-state index contributed by atoms with van der Waals surface area (Å²) >= 11 is 0. The van der Waals surface area contributed by atoms with E-state index in [-0.39, 0.29) is 24.7 Å². The lowest BCUT2D eigenvalue weighted by atomic mass is 10.1. The monoisotopic (exact) mass is 201 g/mol. The SMILES string of the molecule is CC1CCC(C(=O)NCC(C)(C)O)O1. The molecule has 2 N–H and O–H groups in total. The summed E-state index contributed by atoms with van der Waals surface area (Å²) < 4.78 is 5.39. The van der Waals surface area contributed by atoms with Gasteiger partial charge in [-0.15, -0.1) is 0 Å². The van der Waals surface area contributed by atoms with Gasteiger partial charge < -0.3 is 15.2 Å². The molecule has 0 aromatic heterocycles. The van der Waals surface area contributed by atoms with Crippen LogP contribution < -0.4 is 5.32 Å². The van der Waals surface area contributed by atoms with Crippen molar-refractivity contribution in [3.63, 3.8) is 0 Å². The van der Waals surface area contributed by atoms with Crippen LogP contribution in [0, 0.1) is 0 Å². The Morgan fingerprint density at radius 3 is 2.64 bits per heavy atom. The molecule has 0 spiro atoms. The van der Waals surface area contributed by atoms with Crippen LogP contribution in [-0.2, 0) is 9.53 Å². The van der Waals surface area contributed by atoms with Crippen LogP contribution in [0.1, 0.15) is 33.6 Å². The van der Waals surface area contributed by atoms with E-state index in [4.69, 9.17) is 4.74 Å². The smallest absolute Gasteiger partial charge is 0.249 e. The molecule has 1 aliphatic rings. The Morgan fingerprint density at radius 2 is 2.21 bits per heavy atom. The van der Waals surface area contributed by atoms with Crippen LogP contribution in [0.2, 0.25) is 0 Å². The van der Waals surface area contributed by atoms with Crippen molar-refractivity contribution in [3.8, 4) is 0 Å². The van der Waals surface area contributed by atoms with Gasteiger partial charge in [0.15, 0.2) is 0 Å². The van der Waals surface area contributed by atoms with Crippen LogP contribution >= 0.6 is 0 Å². The molecule has 14 heavy (non-hydrogen) atoms. The number of carbonyl (C=O) groups excluding carboxylic acids is 1. The Labute approximate surface area is 84.6 Å². The van der Waals surface area contributed by atoms with Gasteiger partial charge in [0.05, 0.1) is 11.7 Å². The quantitative estimate of drug-likeness (QED) is 0.696. The van der Waals surface area contributed by atoms with Crippen LogP contribution in [0.4, 0.5) is 0 Å². The average Bonchev–Trinajstić information content (AvgIpc) is 2.46. The molecule has 1 fully saturated rings. The Bertz CT molecular complexity index is 210. The van der Waals surface area contributed by atoms with Crippen LogP contribution in [0.15, 0.2) is 0 Å². The number of nitrogens with one attached hydrogen (secondary N) is 1. The highest BCUT2D eigenvalue weighted by atomic mass is 16.5. The molecule has 1 amide bonds. The summed E-state index contributed by atoms with van der Waals surface area (Å²) in [6.45, 7) is 5.54. The highest BCUT2D eigenvalue weighted by Crippen LogP contribution is 2.18. The standard InChI is InChI=1S/C10H19NO3/c1-7-4-5-8(14-7)9(12)11-6-10(2,3)13/h7-8,13H,4-6H2,1-3H3,(H,11,12). The number of carbonyl (C=O) groups is 1. The van der Waals surface area contributed by atoms with Gasteiger partial charge in [0.2, 0.25) is 5.91 Å². The molecule has 0 saturated carbocycles. The Hall–Kier alpha value is -0.610. The van der Waals surface area contributed by atoms with Crippen LogP contribution in [0.25, 0.3) is 0 Å². The van der Waals surface area contributed by atoms with E-state index in [1.807, 2.05) is 6.92 Å². The number of amides is 1. The lowest BCUT2D eigenvalue weighted by molar-refractivity contribution is -0.132. The average molecular weight is 201 g/mol. The minimum atomic E-state index is -0.861. The second-order valence-electron chi connectivity index (χ2n) is 4.54. The van der Waals surface area contributed by atoms with Gasteiger partial charge in [-0.2, -0.15) is 0 Å². The van der Waals surface area contributed by atoms with Gasteiger partial charge in [-0.25, -0.2) is 0 Å². The van der Waals surface area contributed by atoms with Crippen molar-refractivity contribution in [2.75, 3.05) is 6.54 Å². The van der Waals surface area contributed by atoms with E-state index in [0.717, 1.165) is 12.8 Å². The molecule has 0 aromatic carbocycles. The van der Waals surface area contributed by atoms with Gasteiger partial charge in [-0.1, -0.05) is 0 Å². The first-order chi connectivity index (χ1) is 6.38. The molecule has 4 heteroatoms. The van der Waals surface area contributed by atoms with Crippen molar-refractivity contribution < 1.29 is 14.6 Å². The molecule has 1 aliphatic heterocycles. The summed E-state index contributed by atoms with van der Waals surface area (Å²) in [5, 5.41) is 12.1. The summed E-state index contributed by atoms with van der Waals surface area (Å²) in [5.41, 5.74) is -0.861. The molecular weight excluding hydrogens is 182 g/mol. The largest absolute Gasteiger partial charge is 0.389 e. The summed E-state index contributed by atoms with van der Waals surface area (Å²) in [7, 11) is 0. The van der Waals surface area contributed by atoms with E-state index in [9.17, 15) is 9.90 Å². The molecule has 0 radical (unpaired) electrons. The van der Waals surface area contributed by atoms with Crippen molar-refractivity contribution in [1.82, 2.24) is 5.32 Å². The van der Waals surface area contributed by atoms with Crippen molar-refractivity contribution in [3.05, 3.63) is 0 Å². The van der Waals surface area contributed by atoms with Crippen LogP contribution in [0.5, 0.6) is 0 Å². The zero-order chi connectivity index (χ0) is 10.8. The maximum atomic E-state index is 11.5. The second kappa shape index (κ2) is 4.28. The van der Waals surface area contributed by atoms with Crippen molar-refractivity contribution in [2.45, 2.75) is 51.4 Å². The fourth-order valence-corrected chi connectivity index (χ4v) is 1.41. The molecule has 1 saturated heterocycles.